The molecule has 3 nitrogen and oxygen atoms in total. The van der Waals surface area contributed by atoms with Crippen molar-refractivity contribution in [2.75, 3.05) is 5.32 Å². The fourth-order valence-corrected chi connectivity index (χ4v) is 1.38. The van der Waals surface area contributed by atoms with Gasteiger partial charge in [0.2, 0.25) is 0 Å². The molecule has 0 aromatic heterocycles. The van der Waals surface area contributed by atoms with Gasteiger partial charge in [0.15, 0.2) is 0 Å². The Morgan fingerprint density at radius 3 is 2.21 bits per heavy atom. The number of allylic oxidation sites excluding steroid dienone is 1. The van der Waals surface area contributed by atoms with Crippen LogP contribution in [-0.2, 0) is 11.0 Å². The Kier molecular flexibility index (Phi) is 4.62. The second-order valence-electron chi connectivity index (χ2n) is 3.60. The molecule has 0 radical (unpaired) electrons. The van der Waals surface area contributed by atoms with Crippen LogP contribution in [0.25, 0.3) is 0 Å². The highest BCUT2D eigenvalue weighted by atomic mass is 32.1. The molecule has 1 aromatic carbocycles. The summed E-state index contributed by atoms with van der Waals surface area (Å²) in [7, 11) is 0. The fourth-order valence-electron chi connectivity index (χ4n) is 1.23. The maximum atomic E-state index is 12.3. The van der Waals surface area contributed by atoms with Crippen LogP contribution in [0.3, 0.4) is 0 Å². The first kappa shape index (κ1) is 15.1. The van der Waals surface area contributed by atoms with E-state index in [9.17, 15) is 18.0 Å². The van der Waals surface area contributed by atoms with Gasteiger partial charge in [0, 0.05) is 10.6 Å². The Hall–Kier alpha value is -1.94. The van der Waals surface area contributed by atoms with E-state index in [2.05, 4.69) is 17.9 Å². The van der Waals surface area contributed by atoms with E-state index < -0.39 is 17.6 Å². The number of amides is 1. The van der Waals surface area contributed by atoms with Gasteiger partial charge in [0.05, 0.1) is 5.56 Å². The van der Waals surface area contributed by atoms with E-state index in [4.69, 9.17) is 5.26 Å². The second-order valence-corrected chi connectivity index (χ2v) is 4.27. The molecular weight excluding hydrogens is 277 g/mol. The summed E-state index contributed by atoms with van der Waals surface area (Å²) < 4.78 is 37.0. The van der Waals surface area contributed by atoms with Crippen LogP contribution in [0.5, 0.6) is 0 Å². The Bertz CT molecular complexity index is 552. The lowest BCUT2D eigenvalue weighted by Gasteiger charge is -2.08. The lowest BCUT2D eigenvalue weighted by molar-refractivity contribution is -0.137. The van der Waals surface area contributed by atoms with Gasteiger partial charge in [0.1, 0.15) is 11.6 Å². The molecule has 1 N–H and O–H groups in total. The van der Waals surface area contributed by atoms with Gasteiger partial charge in [-0.25, -0.2) is 0 Å². The number of carbonyl (C=O) groups excluding carboxylic acids is 1. The highest BCUT2D eigenvalue weighted by Gasteiger charge is 2.30. The number of alkyl halides is 3. The third-order valence-corrected chi connectivity index (χ3v) is 2.39. The molecular formula is C12H9F3N2OS. The van der Waals surface area contributed by atoms with Gasteiger partial charge in [-0.1, -0.05) is 0 Å². The third-order valence-electron chi connectivity index (χ3n) is 2.17. The molecule has 0 unspecified atom stereocenters. The first-order valence-electron chi connectivity index (χ1n) is 5.04. The van der Waals surface area contributed by atoms with Crippen molar-refractivity contribution < 1.29 is 18.0 Å². The molecule has 0 saturated heterocycles. The van der Waals surface area contributed by atoms with Crippen LogP contribution in [0.4, 0.5) is 18.9 Å². The Morgan fingerprint density at radius 1 is 1.32 bits per heavy atom. The van der Waals surface area contributed by atoms with E-state index in [1.54, 1.807) is 6.07 Å². The summed E-state index contributed by atoms with van der Waals surface area (Å²) in [6, 6.07) is 5.59. The molecule has 0 heterocycles. The molecule has 7 heteroatoms. The van der Waals surface area contributed by atoms with E-state index in [1.165, 1.54) is 6.92 Å². The number of nitriles is 1. The van der Waals surface area contributed by atoms with Crippen LogP contribution in [-0.4, -0.2) is 5.91 Å². The fraction of sp³-hybridized carbons (Fsp3) is 0.167. The average molecular weight is 286 g/mol. The lowest BCUT2D eigenvalue weighted by atomic mass is 10.2. The Balaban J connectivity index is 2.89. The number of hydrogen-bond acceptors (Lipinski definition) is 3. The minimum Gasteiger partial charge on any atom is -0.321 e. The molecule has 0 aliphatic carbocycles. The van der Waals surface area contributed by atoms with E-state index in [0.717, 1.165) is 24.3 Å². The van der Waals surface area contributed by atoms with Gasteiger partial charge >= 0.3 is 6.18 Å². The van der Waals surface area contributed by atoms with Gasteiger partial charge in [-0.15, -0.1) is 12.6 Å². The van der Waals surface area contributed by atoms with Crippen molar-refractivity contribution in [1.82, 2.24) is 0 Å². The molecule has 0 saturated carbocycles. The number of carbonyl (C=O) groups is 1. The van der Waals surface area contributed by atoms with Crippen molar-refractivity contribution in [3.8, 4) is 6.07 Å². The van der Waals surface area contributed by atoms with Gasteiger partial charge in [-0.3, -0.25) is 4.79 Å². The summed E-state index contributed by atoms with van der Waals surface area (Å²) in [5.41, 5.74) is -0.838. The van der Waals surface area contributed by atoms with Crippen molar-refractivity contribution in [2.45, 2.75) is 13.1 Å². The molecule has 0 atom stereocenters. The minimum atomic E-state index is -4.43. The van der Waals surface area contributed by atoms with Crippen LogP contribution in [0, 0.1) is 11.3 Å². The van der Waals surface area contributed by atoms with Crippen LogP contribution >= 0.6 is 12.6 Å². The summed E-state index contributed by atoms with van der Waals surface area (Å²) in [5.74, 6) is -0.713. The normalized spacial score (nSPS) is 12.4. The van der Waals surface area contributed by atoms with E-state index in [-0.39, 0.29) is 16.2 Å². The van der Waals surface area contributed by atoms with Gasteiger partial charge in [0.25, 0.3) is 5.91 Å². The summed E-state index contributed by atoms with van der Waals surface area (Å²) >= 11 is 3.88. The number of halogens is 3. The number of benzene rings is 1. The summed E-state index contributed by atoms with van der Waals surface area (Å²) in [6.45, 7) is 1.47. The highest BCUT2D eigenvalue weighted by molar-refractivity contribution is 7.84. The first-order chi connectivity index (χ1) is 8.75. The molecule has 1 aromatic rings. The molecule has 0 fully saturated rings. The number of rotatable bonds is 2. The smallest absolute Gasteiger partial charge is 0.321 e. The Morgan fingerprint density at radius 2 is 1.84 bits per heavy atom. The summed E-state index contributed by atoms with van der Waals surface area (Å²) in [6.07, 6.45) is -4.43. The number of hydrogen-bond donors (Lipinski definition) is 2. The van der Waals surface area contributed by atoms with Crippen LogP contribution in [0.15, 0.2) is 34.7 Å². The van der Waals surface area contributed by atoms with Gasteiger partial charge in [-0.2, -0.15) is 18.4 Å². The largest absolute Gasteiger partial charge is 0.416 e. The first-order valence-corrected chi connectivity index (χ1v) is 5.49. The van der Waals surface area contributed by atoms with Crippen LogP contribution in [0.2, 0.25) is 0 Å². The molecule has 1 amide bonds. The average Bonchev–Trinajstić information content (AvgIpc) is 2.28. The highest BCUT2D eigenvalue weighted by Crippen LogP contribution is 2.29. The SMILES string of the molecule is CC(S)=C(C#N)C(=O)Nc1ccc(C(F)(F)F)cc1. The second kappa shape index (κ2) is 5.80. The molecule has 19 heavy (non-hydrogen) atoms. The van der Waals surface area contributed by atoms with Crippen LogP contribution < -0.4 is 5.32 Å². The molecule has 1 rings (SSSR count). The van der Waals surface area contributed by atoms with Crippen molar-refractivity contribution in [3.63, 3.8) is 0 Å². The zero-order chi connectivity index (χ0) is 14.6. The van der Waals surface area contributed by atoms with E-state index in [1.807, 2.05) is 0 Å². The Labute approximate surface area is 113 Å². The minimum absolute atomic E-state index is 0.167. The van der Waals surface area contributed by atoms with E-state index in [0.29, 0.717) is 0 Å². The molecule has 0 bridgehead atoms. The van der Waals surface area contributed by atoms with E-state index >= 15 is 0 Å². The van der Waals surface area contributed by atoms with Gasteiger partial charge < -0.3 is 5.32 Å². The number of nitrogens with one attached hydrogen (secondary N) is 1. The molecule has 0 spiro atoms. The van der Waals surface area contributed by atoms with Crippen molar-refractivity contribution in [1.29, 1.82) is 5.26 Å². The summed E-state index contributed by atoms with van der Waals surface area (Å²) in [4.78, 5) is 11.8. The monoisotopic (exact) mass is 286 g/mol. The van der Waals surface area contributed by atoms with Crippen molar-refractivity contribution in [2.24, 2.45) is 0 Å². The summed E-state index contributed by atoms with van der Waals surface area (Å²) in [5, 5.41) is 11.0. The molecule has 0 aliphatic heterocycles. The predicted octanol–water partition coefficient (Wildman–Crippen LogP) is 3.37. The van der Waals surface area contributed by atoms with Crippen molar-refractivity contribution >= 4 is 24.2 Å². The third kappa shape index (κ3) is 4.03. The lowest BCUT2D eigenvalue weighted by Crippen LogP contribution is -2.14. The standard InChI is InChI=1S/C12H9F3N2OS/c1-7(19)10(6-16)11(18)17-9-4-2-8(3-5-9)12(13,14)15/h2-5,19H,1H3,(H,17,18). The quantitative estimate of drug-likeness (QED) is 0.497. The maximum absolute atomic E-state index is 12.3. The zero-order valence-electron chi connectivity index (χ0n) is 9.75. The van der Waals surface area contributed by atoms with Gasteiger partial charge in [-0.05, 0) is 31.2 Å². The predicted molar refractivity (Wildman–Crippen MR) is 67.4 cm³/mol. The maximum Gasteiger partial charge on any atom is 0.416 e. The molecule has 100 valence electrons. The number of nitrogens with zero attached hydrogens (tertiary/aromatic N) is 1. The topological polar surface area (TPSA) is 52.9 Å². The number of anilines is 1. The zero-order valence-corrected chi connectivity index (χ0v) is 10.6. The number of thiol groups is 1. The van der Waals surface area contributed by atoms with Crippen molar-refractivity contribution in [3.05, 3.63) is 40.3 Å². The van der Waals surface area contributed by atoms with Crippen LogP contribution in [0.1, 0.15) is 12.5 Å². The molecule has 0 aliphatic rings.